The van der Waals surface area contributed by atoms with Crippen molar-refractivity contribution < 1.29 is 18.7 Å². The van der Waals surface area contributed by atoms with Crippen LogP contribution in [0.1, 0.15) is 20.9 Å². The highest BCUT2D eigenvalue weighted by Gasteiger charge is 2.13. The SMILES string of the molecule is O=Cc1cccc(OC(=O)c2ccc(Br)o2)c1. The summed E-state index contributed by atoms with van der Waals surface area (Å²) in [6.07, 6.45) is 0.681. The molecule has 2 aromatic rings. The molecule has 0 fully saturated rings. The van der Waals surface area contributed by atoms with Crippen LogP contribution in [-0.4, -0.2) is 12.3 Å². The molecular formula is C12H7BrO4. The maximum Gasteiger partial charge on any atom is 0.379 e. The van der Waals surface area contributed by atoms with Crippen LogP contribution in [0.3, 0.4) is 0 Å². The quantitative estimate of drug-likeness (QED) is 0.496. The third kappa shape index (κ3) is 2.82. The average molecular weight is 295 g/mol. The molecule has 4 nitrogen and oxygen atoms in total. The number of halogens is 1. The number of hydrogen-bond donors (Lipinski definition) is 0. The van der Waals surface area contributed by atoms with E-state index in [1.54, 1.807) is 24.3 Å². The Labute approximate surface area is 105 Å². The molecule has 0 saturated carbocycles. The van der Waals surface area contributed by atoms with Gasteiger partial charge in [-0.2, -0.15) is 0 Å². The Morgan fingerprint density at radius 1 is 1.29 bits per heavy atom. The number of aldehydes is 1. The summed E-state index contributed by atoms with van der Waals surface area (Å²) >= 11 is 3.09. The average Bonchev–Trinajstić information content (AvgIpc) is 2.76. The van der Waals surface area contributed by atoms with Crippen molar-refractivity contribution in [3.05, 3.63) is 52.4 Å². The Kier molecular flexibility index (Phi) is 3.39. The highest BCUT2D eigenvalue weighted by molar-refractivity contribution is 9.10. The second kappa shape index (κ2) is 4.97. The Morgan fingerprint density at radius 2 is 2.12 bits per heavy atom. The summed E-state index contributed by atoms with van der Waals surface area (Å²) in [4.78, 5) is 22.2. The molecule has 1 aromatic carbocycles. The predicted octanol–water partition coefficient (Wildman–Crippen LogP) is 3.07. The Hall–Kier alpha value is -1.88. The molecule has 1 heterocycles. The highest BCUT2D eigenvalue weighted by Crippen LogP contribution is 2.18. The highest BCUT2D eigenvalue weighted by atomic mass is 79.9. The second-order valence-electron chi connectivity index (χ2n) is 3.18. The first-order valence-corrected chi connectivity index (χ1v) is 5.51. The van der Waals surface area contributed by atoms with Crippen molar-refractivity contribution in [1.29, 1.82) is 0 Å². The minimum Gasteiger partial charge on any atom is -0.442 e. The largest absolute Gasteiger partial charge is 0.442 e. The summed E-state index contributed by atoms with van der Waals surface area (Å²) in [6, 6.07) is 9.40. The van der Waals surface area contributed by atoms with E-state index in [9.17, 15) is 9.59 Å². The Morgan fingerprint density at radius 3 is 2.76 bits per heavy atom. The number of hydrogen-bond acceptors (Lipinski definition) is 4. The lowest BCUT2D eigenvalue weighted by Gasteiger charge is -2.02. The van der Waals surface area contributed by atoms with E-state index in [2.05, 4.69) is 15.9 Å². The summed E-state index contributed by atoms with van der Waals surface area (Å²) in [7, 11) is 0. The van der Waals surface area contributed by atoms with Gasteiger partial charge in [-0.25, -0.2) is 4.79 Å². The van der Waals surface area contributed by atoms with Crippen LogP contribution in [0.2, 0.25) is 0 Å². The molecule has 0 aliphatic carbocycles. The van der Waals surface area contributed by atoms with E-state index < -0.39 is 5.97 Å². The molecule has 0 radical (unpaired) electrons. The molecular weight excluding hydrogens is 288 g/mol. The molecule has 0 aliphatic heterocycles. The lowest BCUT2D eigenvalue weighted by Crippen LogP contribution is -2.07. The van der Waals surface area contributed by atoms with Gasteiger partial charge in [-0.15, -0.1) is 0 Å². The lowest BCUT2D eigenvalue weighted by molar-refractivity contribution is 0.0699. The minimum absolute atomic E-state index is 0.0911. The molecule has 0 aliphatic rings. The topological polar surface area (TPSA) is 56.5 Å². The zero-order valence-electron chi connectivity index (χ0n) is 8.55. The van der Waals surface area contributed by atoms with Crippen LogP contribution in [0, 0.1) is 0 Å². The summed E-state index contributed by atoms with van der Waals surface area (Å²) in [5, 5.41) is 0. The first kappa shape index (κ1) is 11.6. The normalized spacial score (nSPS) is 9.94. The third-order valence-corrected chi connectivity index (χ3v) is 2.41. The maximum absolute atomic E-state index is 11.6. The van der Waals surface area contributed by atoms with E-state index >= 15 is 0 Å². The van der Waals surface area contributed by atoms with E-state index in [-0.39, 0.29) is 5.76 Å². The fourth-order valence-corrected chi connectivity index (χ4v) is 1.54. The van der Waals surface area contributed by atoms with Crippen LogP contribution in [0.5, 0.6) is 5.75 Å². The van der Waals surface area contributed by atoms with Crippen LogP contribution in [-0.2, 0) is 0 Å². The van der Waals surface area contributed by atoms with Gasteiger partial charge in [-0.1, -0.05) is 12.1 Å². The van der Waals surface area contributed by atoms with E-state index in [0.29, 0.717) is 22.3 Å². The van der Waals surface area contributed by atoms with Crippen molar-refractivity contribution in [2.45, 2.75) is 0 Å². The van der Waals surface area contributed by atoms with E-state index in [4.69, 9.17) is 9.15 Å². The molecule has 0 amide bonds. The van der Waals surface area contributed by atoms with Gasteiger partial charge in [0.2, 0.25) is 5.76 Å². The number of carbonyl (C=O) groups excluding carboxylic acids is 2. The number of rotatable bonds is 3. The van der Waals surface area contributed by atoms with Crippen molar-refractivity contribution in [2.75, 3.05) is 0 Å². The van der Waals surface area contributed by atoms with Gasteiger partial charge in [-0.05, 0) is 40.2 Å². The fourth-order valence-electron chi connectivity index (χ4n) is 1.23. The van der Waals surface area contributed by atoms with Crippen LogP contribution in [0.25, 0.3) is 0 Å². The number of esters is 1. The number of carbonyl (C=O) groups is 2. The van der Waals surface area contributed by atoms with Gasteiger partial charge in [0, 0.05) is 5.56 Å². The zero-order chi connectivity index (χ0) is 12.3. The van der Waals surface area contributed by atoms with Crippen LogP contribution < -0.4 is 4.74 Å². The maximum atomic E-state index is 11.6. The van der Waals surface area contributed by atoms with Gasteiger partial charge in [0.1, 0.15) is 12.0 Å². The van der Waals surface area contributed by atoms with Crippen molar-refractivity contribution in [2.24, 2.45) is 0 Å². The first-order chi connectivity index (χ1) is 8.19. The van der Waals surface area contributed by atoms with E-state index in [1.807, 2.05) is 0 Å². The van der Waals surface area contributed by atoms with Gasteiger partial charge in [0.25, 0.3) is 0 Å². The molecule has 0 saturated heterocycles. The molecule has 86 valence electrons. The Balaban J connectivity index is 2.15. The van der Waals surface area contributed by atoms with Gasteiger partial charge < -0.3 is 9.15 Å². The number of furan rings is 1. The zero-order valence-corrected chi connectivity index (χ0v) is 10.1. The molecule has 0 bridgehead atoms. The van der Waals surface area contributed by atoms with Gasteiger partial charge >= 0.3 is 5.97 Å². The molecule has 0 N–H and O–H groups in total. The second-order valence-corrected chi connectivity index (χ2v) is 3.97. The van der Waals surface area contributed by atoms with Crippen LogP contribution in [0.4, 0.5) is 0 Å². The van der Waals surface area contributed by atoms with Crippen molar-refractivity contribution >= 4 is 28.2 Å². The molecule has 1 aromatic heterocycles. The summed E-state index contributed by atoms with van der Waals surface area (Å²) in [5.41, 5.74) is 0.441. The lowest BCUT2D eigenvalue weighted by atomic mass is 10.2. The predicted molar refractivity (Wildman–Crippen MR) is 63.2 cm³/mol. The first-order valence-electron chi connectivity index (χ1n) is 4.72. The third-order valence-electron chi connectivity index (χ3n) is 1.98. The summed E-state index contributed by atoms with van der Waals surface area (Å²) in [5.74, 6) is -0.223. The smallest absolute Gasteiger partial charge is 0.379 e. The van der Waals surface area contributed by atoms with Gasteiger partial charge in [-0.3, -0.25) is 4.79 Å². The molecule has 0 atom stereocenters. The summed E-state index contributed by atoms with van der Waals surface area (Å²) < 4.78 is 10.5. The van der Waals surface area contributed by atoms with Crippen LogP contribution in [0.15, 0.2) is 45.5 Å². The molecule has 0 spiro atoms. The number of ether oxygens (including phenoxy) is 1. The molecule has 5 heteroatoms. The van der Waals surface area contributed by atoms with Crippen LogP contribution >= 0.6 is 15.9 Å². The van der Waals surface area contributed by atoms with Crippen molar-refractivity contribution in [1.82, 2.24) is 0 Å². The monoisotopic (exact) mass is 294 g/mol. The standard InChI is InChI=1S/C12H7BrO4/c13-11-5-4-10(17-11)12(15)16-9-3-1-2-8(6-9)7-14/h1-7H. The number of benzene rings is 1. The molecule has 17 heavy (non-hydrogen) atoms. The van der Waals surface area contributed by atoms with Gasteiger partial charge in [0.05, 0.1) is 0 Å². The fraction of sp³-hybridized carbons (Fsp3) is 0. The van der Waals surface area contributed by atoms with E-state index in [1.165, 1.54) is 12.1 Å². The van der Waals surface area contributed by atoms with Crippen molar-refractivity contribution in [3.63, 3.8) is 0 Å². The molecule has 0 unspecified atom stereocenters. The van der Waals surface area contributed by atoms with Gasteiger partial charge in [0.15, 0.2) is 4.67 Å². The minimum atomic E-state index is -0.612. The van der Waals surface area contributed by atoms with Crippen molar-refractivity contribution in [3.8, 4) is 5.75 Å². The Bertz CT molecular complexity index is 559. The summed E-state index contributed by atoms with van der Waals surface area (Å²) in [6.45, 7) is 0. The molecule has 2 rings (SSSR count). The van der Waals surface area contributed by atoms with E-state index in [0.717, 1.165) is 0 Å².